The van der Waals surface area contributed by atoms with Gasteiger partial charge in [0.1, 0.15) is 0 Å². The Morgan fingerprint density at radius 2 is 2.10 bits per heavy atom. The molecule has 6 nitrogen and oxygen atoms in total. The van der Waals surface area contributed by atoms with Gasteiger partial charge >= 0.3 is 0 Å². The van der Waals surface area contributed by atoms with Crippen molar-refractivity contribution in [3.05, 3.63) is 11.7 Å². The second-order valence-electron chi connectivity index (χ2n) is 5.81. The molecule has 20 heavy (non-hydrogen) atoms. The smallest absolute Gasteiger partial charge is 0.226 e. The van der Waals surface area contributed by atoms with Gasteiger partial charge in [-0.3, -0.25) is 4.79 Å². The second-order valence-corrected chi connectivity index (χ2v) is 5.81. The number of hydrogen-bond acceptors (Lipinski definition) is 5. The van der Waals surface area contributed by atoms with Gasteiger partial charge in [-0.25, -0.2) is 0 Å². The van der Waals surface area contributed by atoms with E-state index in [1.807, 2.05) is 27.7 Å². The molecule has 1 amide bonds. The molecule has 0 bridgehead atoms. The van der Waals surface area contributed by atoms with Gasteiger partial charge in [0.05, 0.1) is 6.61 Å². The van der Waals surface area contributed by atoms with Gasteiger partial charge in [0, 0.05) is 31.3 Å². The quantitative estimate of drug-likeness (QED) is 0.821. The van der Waals surface area contributed by atoms with Crippen LogP contribution in [0.15, 0.2) is 4.52 Å². The van der Waals surface area contributed by atoms with Crippen LogP contribution in [0.4, 0.5) is 0 Å². The van der Waals surface area contributed by atoms with E-state index >= 15 is 0 Å². The summed E-state index contributed by atoms with van der Waals surface area (Å²) >= 11 is 0. The van der Waals surface area contributed by atoms with Gasteiger partial charge in [-0.15, -0.1) is 0 Å². The summed E-state index contributed by atoms with van der Waals surface area (Å²) < 4.78 is 5.18. The highest BCUT2D eigenvalue weighted by Crippen LogP contribution is 2.18. The molecule has 0 radical (unpaired) electrons. The Bertz CT molecular complexity index is 424. The third kappa shape index (κ3) is 4.92. The highest BCUT2D eigenvalue weighted by atomic mass is 16.5. The highest BCUT2D eigenvalue weighted by Gasteiger charge is 2.21. The first kappa shape index (κ1) is 16.6. The lowest BCUT2D eigenvalue weighted by molar-refractivity contribution is -0.131. The van der Waals surface area contributed by atoms with Crippen molar-refractivity contribution in [2.24, 2.45) is 0 Å². The fourth-order valence-electron chi connectivity index (χ4n) is 1.79. The second kappa shape index (κ2) is 7.38. The van der Waals surface area contributed by atoms with Gasteiger partial charge in [-0.05, 0) is 13.3 Å². The van der Waals surface area contributed by atoms with Crippen molar-refractivity contribution in [3.8, 4) is 0 Å². The molecule has 0 saturated heterocycles. The summed E-state index contributed by atoms with van der Waals surface area (Å²) in [5.41, 5.74) is -0.127. The molecule has 0 aliphatic heterocycles. The lowest BCUT2D eigenvalue weighted by Gasteiger charge is -2.19. The van der Waals surface area contributed by atoms with E-state index in [9.17, 15) is 4.79 Å². The number of likely N-dealkylation sites (N-methyl/N-ethyl adjacent to an activating group) is 1. The molecule has 0 aromatic carbocycles. The molecule has 6 heteroatoms. The van der Waals surface area contributed by atoms with Gasteiger partial charge < -0.3 is 14.5 Å². The number of hydrogen-bond donors (Lipinski definition) is 1. The van der Waals surface area contributed by atoms with Gasteiger partial charge in [0.2, 0.25) is 11.8 Å². The van der Waals surface area contributed by atoms with Crippen LogP contribution in [-0.4, -0.2) is 45.8 Å². The van der Waals surface area contributed by atoms with Crippen LogP contribution in [0, 0.1) is 0 Å². The summed E-state index contributed by atoms with van der Waals surface area (Å²) in [6, 6.07) is 0. The lowest BCUT2D eigenvalue weighted by atomic mass is 9.96. The van der Waals surface area contributed by atoms with Crippen molar-refractivity contribution in [1.29, 1.82) is 0 Å². The van der Waals surface area contributed by atoms with Gasteiger partial charge in [-0.2, -0.15) is 4.98 Å². The molecular weight excluding hydrogens is 258 g/mol. The Balaban J connectivity index is 2.41. The Kier molecular flexibility index (Phi) is 6.13. The average molecular weight is 283 g/mol. The number of nitrogens with zero attached hydrogens (tertiary/aromatic N) is 3. The predicted molar refractivity (Wildman–Crippen MR) is 75.3 cm³/mol. The minimum absolute atomic E-state index is 0.00180. The molecule has 0 aliphatic rings. The molecule has 1 rings (SSSR count). The van der Waals surface area contributed by atoms with Crippen LogP contribution in [0.2, 0.25) is 0 Å². The summed E-state index contributed by atoms with van der Waals surface area (Å²) in [7, 11) is 0. The molecule has 1 aromatic rings. The lowest BCUT2D eigenvalue weighted by Crippen LogP contribution is -2.33. The van der Waals surface area contributed by atoms with Gasteiger partial charge in [0.15, 0.2) is 5.82 Å². The number of aryl methyl sites for hydroxylation is 1. The first-order valence-corrected chi connectivity index (χ1v) is 7.10. The third-order valence-electron chi connectivity index (χ3n) is 3.02. The fourth-order valence-corrected chi connectivity index (χ4v) is 1.79. The number of carbonyl (C=O) groups is 1. The Hall–Kier alpha value is -1.43. The van der Waals surface area contributed by atoms with Crippen LogP contribution in [-0.2, 0) is 16.6 Å². The standard InChI is InChI=1S/C14H25N3O3/c1-5-17(9-10-18)12(19)8-6-7-11-15-13(16-20-11)14(2,3)4/h18H,5-10H2,1-4H3. The van der Waals surface area contributed by atoms with E-state index in [1.165, 1.54) is 0 Å². The SMILES string of the molecule is CCN(CCO)C(=O)CCCc1nc(C(C)(C)C)no1. The highest BCUT2D eigenvalue weighted by molar-refractivity contribution is 5.76. The minimum Gasteiger partial charge on any atom is -0.395 e. The first-order valence-electron chi connectivity index (χ1n) is 7.10. The Labute approximate surface area is 120 Å². The monoisotopic (exact) mass is 283 g/mol. The van der Waals surface area contributed by atoms with Crippen molar-refractivity contribution in [2.45, 2.75) is 52.4 Å². The minimum atomic E-state index is -0.127. The summed E-state index contributed by atoms with van der Waals surface area (Å²) in [5, 5.41) is 12.8. The maximum absolute atomic E-state index is 11.9. The molecule has 1 N–H and O–H groups in total. The number of amides is 1. The number of aliphatic hydroxyl groups excluding tert-OH is 1. The van der Waals surface area contributed by atoms with Crippen molar-refractivity contribution >= 4 is 5.91 Å². The summed E-state index contributed by atoms with van der Waals surface area (Å²) in [4.78, 5) is 17.9. The summed E-state index contributed by atoms with van der Waals surface area (Å²) in [6.07, 6.45) is 1.71. The first-order chi connectivity index (χ1) is 9.38. The molecule has 1 heterocycles. The van der Waals surface area contributed by atoms with Crippen molar-refractivity contribution in [2.75, 3.05) is 19.7 Å². The maximum Gasteiger partial charge on any atom is 0.226 e. The van der Waals surface area contributed by atoms with Crippen molar-refractivity contribution < 1.29 is 14.4 Å². The molecule has 0 fully saturated rings. The van der Waals surface area contributed by atoms with E-state index < -0.39 is 0 Å². The van der Waals surface area contributed by atoms with E-state index in [1.54, 1.807) is 4.90 Å². The summed E-state index contributed by atoms with van der Waals surface area (Å²) in [6.45, 7) is 9.00. The average Bonchev–Trinajstić information content (AvgIpc) is 2.84. The Morgan fingerprint density at radius 1 is 1.40 bits per heavy atom. The molecule has 114 valence electrons. The normalized spacial score (nSPS) is 11.7. The fraction of sp³-hybridized carbons (Fsp3) is 0.786. The van der Waals surface area contributed by atoms with Crippen LogP contribution in [0.3, 0.4) is 0 Å². The zero-order valence-corrected chi connectivity index (χ0v) is 12.8. The van der Waals surface area contributed by atoms with E-state index in [4.69, 9.17) is 9.63 Å². The molecular formula is C14H25N3O3. The number of aromatic nitrogens is 2. The van der Waals surface area contributed by atoms with E-state index in [2.05, 4.69) is 10.1 Å². The van der Waals surface area contributed by atoms with Crippen LogP contribution in [0.5, 0.6) is 0 Å². The summed E-state index contributed by atoms with van der Waals surface area (Å²) in [5.74, 6) is 1.32. The van der Waals surface area contributed by atoms with E-state index in [0.29, 0.717) is 44.1 Å². The molecule has 0 aliphatic carbocycles. The Morgan fingerprint density at radius 3 is 2.60 bits per heavy atom. The molecule has 1 aromatic heterocycles. The molecule has 0 unspecified atom stereocenters. The zero-order chi connectivity index (χ0) is 15.2. The third-order valence-corrected chi connectivity index (χ3v) is 3.02. The van der Waals surface area contributed by atoms with Crippen molar-refractivity contribution in [1.82, 2.24) is 15.0 Å². The van der Waals surface area contributed by atoms with E-state index in [-0.39, 0.29) is 17.9 Å². The number of rotatable bonds is 7. The molecule has 0 saturated carbocycles. The molecule has 0 atom stereocenters. The predicted octanol–water partition coefficient (Wildman–Crippen LogP) is 1.53. The van der Waals surface area contributed by atoms with Gasteiger partial charge in [0.25, 0.3) is 0 Å². The molecule has 0 spiro atoms. The maximum atomic E-state index is 11.9. The number of aliphatic hydroxyl groups is 1. The van der Waals surface area contributed by atoms with Crippen LogP contribution in [0.1, 0.15) is 52.3 Å². The topological polar surface area (TPSA) is 79.5 Å². The van der Waals surface area contributed by atoms with Crippen molar-refractivity contribution in [3.63, 3.8) is 0 Å². The van der Waals surface area contributed by atoms with Crippen LogP contribution < -0.4 is 0 Å². The van der Waals surface area contributed by atoms with E-state index in [0.717, 1.165) is 0 Å². The zero-order valence-electron chi connectivity index (χ0n) is 12.8. The van der Waals surface area contributed by atoms with Crippen LogP contribution in [0.25, 0.3) is 0 Å². The number of carbonyl (C=O) groups excluding carboxylic acids is 1. The van der Waals surface area contributed by atoms with Crippen LogP contribution >= 0.6 is 0 Å². The largest absolute Gasteiger partial charge is 0.395 e. The van der Waals surface area contributed by atoms with Gasteiger partial charge in [-0.1, -0.05) is 25.9 Å².